The largest absolute Gasteiger partial charge is 0.369 e. The maximum Gasteiger partial charge on any atom is 0.224 e. The SMILES string of the molecule is CCCNc1ncc(Br)c(NCC2CCCCC2C)n1. The fraction of sp³-hybridized carbons (Fsp3) is 0.733. The predicted molar refractivity (Wildman–Crippen MR) is 88.1 cm³/mol. The zero-order valence-corrected chi connectivity index (χ0v) is 14.0. The maximum atomic E-state index is 4.54. The quantitative estimate of drug-likeness (QED) is 0.810. The molecule has 4 nitrogen and oxygen atoms in total. The molecule has 1 aromatic heterocycles. The molecule has 2 unspecified atom stereocenters. The highest BCUT2D eigenvalue weighted by molar-refractivity contribution is 9.10. The van der Waals surface area contributed by atoms with Gasteiger partial charge in [0.1, 0.15) is 5.82 Å². The summed E-state index contributed by atoms with van der Waals surface area (Å²) in [7, 11) is 0. The number of anilines is 2. The molecule has 0 aliphatic heterocycles. The van der Waals surface area contributed by atoms with Crippen LogP contribution in [0.4, 0.5) is 11.8 Å². The summed E-state index contributed by atoms with van der Waals surface area (Å²) in [6.45, 7) is 6.41. The highest BCUT2D eigenvalue weighted by Crippen LogP contribution is 2.30. The van der Waals surface area contributed by atoms with E-state index >= 15 is 0 Å². The maximum absolute atomic E-state index is 4.54. The Morgan fingerprint density at radius 2 is 2.10 bits per heavy atom. The van der Waals surface area contributed by atoms with E-state index < -0.39 is 0 Å². The van der Waals surface area contributed by atoms with Crippen LogP contribution in [-0.4, -0.2) is 23.1 Å². The Balaban J connectivity index is 1.93. The molecule has 112 valence electrons. The number of rotatable bonds is 6. The van der Waals surface area contributed by atoms with Crippen molar-refractivity contribution in [2.75, 3.05) is 23.7 Å². The number of nitrogens with zero attached hydrogens (tertiary/aromatic N) is 2. The standard InChI is InChI=1S/C15H25BrN4/c1-3-8-17-15-19-10-13(16)14(20-15)18-9-12-7-5-4-6-11(12)2/h10-12H,3-9H2,1-2H3,(H2,17,18,19,20). The molecule has 1 saturated carbocycles. The van der Waals surface area contributed by atoms with Crippen LogP contribution < -0.4 is 10.6 Å². The van der Waals surface area contributed by atoms with E-state index in [9.17, 15) is 0 Å². The van der Waals surface area contributed by atoms with Crippen molar-refractivity contribution in [1.29, 1.82) is 0 Å². The van der Waals surface area contributed by atoms with Gasteiger partial charge in [0.2, 0.25) is 5.95 Å². The average Bonchev–Trinajstić information content (AvgIpc) is 2.46. The molecule has 1 heterocycles. The van der Waals surface area contributed by atoms with Crippen LogP contribution in [0, 0.1) is 11.8 Å². The van der Waals surface area contributed by atoms with Gasteiger partial charge in [0.05, 0.1) is 4.47 Å². The molecular weight excluding hydrogens is 316 g/mol. The zero-order valence-electron chi connectivity index (χ0n) is 12.5. The van der Waals surface area contributed by atoms with Gasteiger partial charge in [-0.15, -0.1) is 0 Å². The fourth-order valence-corrected chi connectivity index (χ4v) is 3.07. The first-order chi connectivity index (χ1) is 9.70. The molecule has 0 aromatic carbocycles. The van der Waals surface area contributed by atoms with Crippen molar-refractivity contribution in [2.45, 2.75) is 46.0 Å². The van der Waals surface area contributed by atoms with Gasteiger partial charge in [-0.25, -0.2) is 4.98 Å². The van der Waals surface area contributed by atoms with Crippen LogP contribution in [0.5, 0.6) is 0 Å². The molecule has 0 saturated heterocycles. The summed E-state index contributed by atoms with van der Waals surface area (Å²) in [5.41, 5.74) is 0. The Morgan fingerprint density at radius 1 is 1.30 bits per heavy atom. The lowest BCUT2D eigenvalue weighted by Crippen LogP contribution is -2.25. The third-order valence-electron chi connectivity index (χ3n) is 4.10. The van der Waals surface area contributed by atoms with Gasteiger partial charge >= 0.3 is 0 Å². The molecule has 0 amide bonds. The van der Waals surface area contributed by atoms with Gasteiger partial charge in [0.15, 0.2) is 0 Å². The molecule has 1 aliphatic rings. The summed E-state index contributed by atoms with van der Waals surface area (Å²) in [6.07, 6.45) is 8.34. The van der Waals surface area contributed by atoms with Crippen molar-refractivity contribution in [3.63, 3.8) is 0 Å². The van der Waals surface area contributed by atoms with Crippen LogP contribution in [0.1, 0.15) is 46.0 Å². The first-order valence-corrected chi connectivity index (χ1v) is 8.50. The smallest absolute Gasteiger partial charge is 0.224 e. The fourth-order valence-electron chi connectivity index (χ4n) is 2.74. The second-order valence-electron chi connectivity index (χ2n) is 5.72. The van der Waals surface area contributed by atoms with Crippen molar-refractivity contribution >= 4 is 27.7 Å². The van der Waals surface area contributed by atoms with Crippen LogP contribution in [0.2, 0.25) is 0 Å². The van der Waals surface area contributed by atoms with Crippen LogP contribution >= 0.6 is 15.9 Å². The van der Waals surface area contributed by atoms with Gasteiger partial charge in [-0.05, 0) is 40.6 Å². The summed E-state index contributed by atoms with van der Waals surface area (Å²) >= 11 is 3.52. The monoisotopic (exact) mass is 340 g/mol. The average molecular weight is 341 g/mol. The lowest BCUT2D eigenvalue weighted by Gasteiger charge is -2.29. The Hall–Kier alpha value is -0.840. The molecule has 20 heavy (non-hydrogen) atoms. The molecule has 1 aromatic rings. The minimum absolute atomic E-state index is 0.703. The van der Waals surface area contributed by atoms with E-state index in [-0.39, 0.29) is 0 Å². The highest BCUT2D eigenvalue weighted by atomic mass is 79.9. The van der Waals surface area contributed by atoms with Crippen molar-refractivity contribution in [1.82, 2.24) is 9.97 Å². The van der Waals surface area contributed by atoms with Gasteiger partial charge < -0.3 is 10.6 Å². The first kappa shape index (κ1) is 15.5. The van der Waals surface area contributed by atoms with Crippen molar-refractivity contribution in [2.24, 2.45) is 11.8 Å². The van der Waals surface area contributed by atoms with Crippen LogP contribution in [0.3, 0.4) is 0 Å². The minimum Gasteiger partial charge on any atom is -0.369 e. The highest BCUT2D eigenvalue weighted by Gasteiger charge is 2.21. The summed E-state index contributed by atoms with van der Waals surface area (Å²) in [5.74, 6) is 3.18. The molecule has 2 N–H and O–H groups in total. The van der Waals surface area contributed by atoms with Crippen LogP contribution in [-0.2, 0) is 0 Å². The summed E-state index contributed by atoms with van der Waals surface area (Å²) in [6, 6.07) is 0. The number of hydrogen-bond acceptors (Lipinski definition) is 4. The number of hydrogen-bond donors (Lipinski definition) is 2. The Bertz CT molecular complexity index is 424. The van der Waals surface area contributed by atoms with Crippen molar-refractivity contribution in [3.8, 4) is 0 Å². The van der Waals surface area contributed by atoms with Gasteiger partial charge in [-0.3, -0.25) is 0 Å². The molecule has 1 fully saturated rings. The van der Waals surface area contributed by atoms with Gasteiger partial charge in [-0.1, -0.05) is 33.1 Å². The van der Waals surface area contributed by atoms with Gasteiger partial charge in [0.25, 0.3) is 0 Å². The number of aromatic nitrogens is 2. The summed E-state index contributed by atoms with van der Waals surface area (Å²) in [5, 5.41) is 6.72. The van der Waals surface area contributed by atoms with Crippen molar-refractivity contribution < 1.29 is 0 Å². The molecule has 0 radical (unpaired) electrons. The lowest BCUT2D eigenvalue weighted by atomic mass is 9.80. The predicted octanol–water partition coefficient (Wildman–Crippen LogP) is 4.30. The lowest BCUT2D eigenvalue weighted by molar-refractivity contribution is 0.268. The molecule has 0 spiro atoms. The van der Waals surface area contributed by atoms with E-state index in [0.29, 0.717) is 5.95 Å². The Kier molecular flexibility index (Phi) is 6.07. The van der Waals surface area contributed by atoms with Crippen LogP contribution in [0.25, 0.3) is 0 Å². The van der Waals surface area contributed by atoms with E-state index in [4.69, 9.17) is 0 Å². The topological polar surface area (TPSA) is 49.8 Å². The summed E-state index contributed by atoms with van der Waals surface area (Å²) < 4.78 is 0.933. The van der Waals surface area contributed by atoms with E-state index in [2.05, 4.69) is 50.4 Å². The normalized spacial score (nSPS) is 22.6. The number of nitrogens with one attached hydrogen (secondary N) is 2. The van der Waals surface area contributed by atoms with Crippen molar-refractivity contribution in [3.05, 3.63) is 10.7 Å². The second kappa shape index (κ2) is 7.81. The molecule has 2 rings (SSSR count). The van der Waals surface area contributed by atoms with E-state index in [0.717, 1.165) is 41.6 Å². The van der Waals surface area contributed by atoms with Gasteiger partial charge in [0, 0.05) is 19.3 Å². The molecule has 5 heteroatoms. The molecule has 0 bridgehead atoms. The third kappa shape index (κ3) is 4.33. The molecule has 1 aliphatic carbocycles. The Labute approximate surface area is 130 Å². The minimum atomic E-state index is 0.703. The molecular formula is C15H25BrN4. The van der Waals surface area contributed by atoms with E-state index in [1.165, 1.54) is 25.7 Å². The molecule has 2 atom stereocenters. The number of halogens is 1. The van der Waals surface area contributed by atoms with Crippen LogP contribution in [0.15, 0.2) is 10.7 Å². The summed E-state index contributed by atoms with van der Waals surface area (Å²) in [4.78, 5) is 8.82. The third-order valence-corrected chi connectivity index (χ3v) is 4.68. The van der Waals surface area contributed by atoms with E-state index in [1.54, 1.807) is 0 Å². The van der Waals surface area contributed by atoms with Gasteiger partial charge in [-0.2, -0.15) is 4.98 Å². The Morgan fingerprint density at radius 3 is 2.85 bits per heavy atom. The second-order valence-corrected chi connectivity index (χ2v) is 6.57. The zero-order chi connectivity index (χ0) is 14.4. The first-order valence-electron chi connectivity index (χ1n) is 7.71. The van der Waals surface area contributed by atoms with E-state index in [1.807, 2.05) is 6.20 Å².